The number of nitrogens with zero attached hydrogens (tertiary/aromatic N) is 5. The van der Waals surface area contributed by atoms with Crippen LogP contribution in [-0.2, 0) is 26.1 Å². The van der Waals surface area contributed by atoms with E-state index in [4.69, 9.17) is 0 Å². The second-order valence-corrected chi connectivity index (χ2v) is 5.67. The first kappa shape index (κ1) is 18.6. The van der Waals surface area contributed by atoms with Crippen molar-refractivity contribution in [3.8, 4) is 0 Å². The molecule has 0 saturated heterocycles. The van der Waals surface area contributed by atoms with Gasteiger partial charge in [0.25, 0.3) is 0 Å². The molecule has 0 atom stereocenters. The Balaban J connectivity index is 0.00000208. The summed E-state index contributed by atoms with van der Waals surface area (Å²) in [5.41, 5.74) is 0.902. The summed E-state index contributed by atoms with van der Waals surface area (Å²) in [4.78, 5) is 6.23. The minimum atomic E-state index is -0.224. The number of nitrogens with one attached hydrogen (secondary N) is 1. The first-order valence-corrected chi connectivity index (χ1v) is 7.74. The summed E-state index contributed by atoms with van der Waals surface area (Å²) in [5.74, 6) is 2.50. The Morgan fingerprint density at radius 3 is 3.00 bits per heavy atom. The molecule has 1 aromatic carbocycles. The Labute approximate surface area is 158 Å². The Morgan fingerprint density at radius 2 is 2.25 bits per heavy atom. The molecular formula is C16H22FIN6. The maximum atomic E-state index is 13.3. The summed E-state index contributed by atoms with van der Waals surface area (Å²) in [5, 5.41) is 11.7. The third kappa shape index (κ3) is 4.22. The van der Waals surface area contributed by atoms with Crippen LogP contribution in [0, 0.1) is 5.82 Å². The Bertz CT molecular complexity index is 714. The predicted molar refractivity (Wildman–Crippen MR) is 102 cm³/mol. The summed E-state index contributed by atoms with van der Waals surface area (Å²) in [6, 6.07) is 6.60. The topological polar surface area (TPSA) is 58.3 Å². The smallest absolute Gasteiger partial charge is 0.194 e. The van der Waals surface area contributed by atoms with Crippen molar-refractivity contribution in [2.24, 2.45) is 4.99 Å². The van der Waals surface area contributed by atoms with Gasteiger partial charge < -0.3 is 14.8 Å². The largest absolute Gasteiger partial charge is 0.349 e. The van der Waals surface area contributed by atoms with E-state index in [0.717, 1.165) is 42.6 Å². The molecule has 0 amide bonds. The van der Waals surface area contributed by atoms with Crippen molar-refractivity contribution in [2.45, 2.75) is 32.5 Å². The Hall–Kier alpha value is -1.71. The summed E-state index contributed by atoms with van der Waals surface area (Å²) in [7, 11) is 3.66. The molecule has 0 radical (unpaired) electrons. The molecule has 8 heteroatoms. The van der Waals surface area contributed by atoms with E-state index in [1.807, 2.05) is 18.0 Å². The highest BCUT2D eigenvalue weighted by Crippen LogP contribution is 2.13. The molecule has 130 valence electrons. The molecule has 3 rings (SSSR count). The van der Waals surface area contributed by atoms with E-state index in [1.54, 1.807) is 13.1 Å². The van der Waals surface area contributed by atoms with Crippen LogP contribution in [0.2, 0.25) is 0 Å². The number of halogens is 2. The third-order valence-electron chi connectivity index (χ3n) is 3.97. The van der Waals surface area contributed by atoms with Gasteiger partial charge in [0, 0.05) is 33.6 Å². The SMILES string of the molecule is CN=C(NCc1nnc2n1CCC2)N(C)Cc1cccc(F)c1.I. The summed E-state index contributed by atoms with van der Waals surface area (Å²) in [6.07, 6.45) is 2.13. The minimum Gasteiger partial charge on any atom is -0.349 e. The normalized spacial score (nSPS) is 13.4. The van der Waals surface area contributed by atoms with Crippen LogP contribution in [0.3, 0.4) is 0 Å². The minimum absolute atomic E-state index is 0. The van der Waals surface area contributed by atoms with E-state index in [2.05, 4.69) is 25.1 Å². The molecule has 1 aliphatic rings. The Kier molecular flexibility index (Phi) is 6.52. The number of hydrogen-bond donors (Lipinski definition) is 1. The van der Waals surface area contributed by atoms with Crippen LogP contribution in [0.5, 0.6) is 0 Å². The standard InChI is InChI=1S/C16H21FN6.HI/c1-18-16(22(2)11-12-5-3-6-13(17)9-12)19-10-15-21-20-14-7-4-8-23(14)15;/h3,5-6,9H,4,7-8,10-11H2,1-2H3,(H,18,19);1H. The van der Waals surface area contributed by atoms with E-state index in [-0.39, 0.29) is 29.8 Å². The summed E-state index contributed by atoms with van der Waals surface area (Å²) in [6.45, 7) is 2.14. The van der Waals surface area contributed by atoms with Crippen LogP contribution >= 0.6 is 24.0 Å². The van der Waals surface area contributed by atoms with Crippen LogP contribution in [0.4, 0.5) is 4.39 Å². The number of aliphatic imine (C=N–C) groups is 1. The highest BCUT2D eigenvalue weighted by atomic mass is 127. The molecule has 1 N–H and O–H groups in total. The highest BCUT2D eigenvalue weighted by Gasteiger charge is 2.17. The lowest BCUT2D eigenvalue weighted by atomic mass is 10.2. The zero-order valence-corrected chi connectivity index (χ0v) is 16.2. The predicted octanol–water partition coefficient (Wildman–Crippen LogP) is 2.19. The molecule has 2 heterocycles. The fraction of sp³-hybridized carbons (Fsp3) is 0.438. The second-order valence-electron chi connectivity index (χ2n) is 5.67. The molecule has 1 aromatic heterocycles. The van der Waals surface area contributed by atoms with Gasteiger partial charge in [-0.05, 0) is 24.1 Å². The van der Waals surface area contributed by atoms with Gasteiger partial charge >= 0.3 is 0 Å². The molecule has 0 aliphatic carbocycles. The average Bonchev–Trinajstić information content (AvgIpc) is 3.12. The number of benzene rings is 1. The van der Waals surface area contributed by atoms with Gasteiger partial charge in [-0.1, -0.05) is 12.1 Å². The number of fused-ring (bicyclic) bond motifs is 1. The van der Waals surface area contributed by atoms with Crippen LogP contribution in [0.15, 0.2) is 29.3 Å². The number of aromatic nitrogens is 3. The van der Waals surface area contributed by atoms with Gasteiger partial charge in [-0.25, -0.2) is 4.39 Å². The molecule has 6 nitrogen and oxygen atoms in total. The van der Waals surface area contributed by atoms with Gasteiger partial charge in [-0.15, -0.1) is 34.2 Å². The quantitative estimate of drug-likeness (QED) is 0.447. The molecule has 1 aliphatic heterocycles. The van der Waals surface area contributed by atoms with Gasteiger partial charge in [0.05, 0.1) is 6.54 Å². The van der Waals surface area contributed by atoms with Crippen molar-refractivity contribution in [1.82, 2.24) is 25.0 Å². The first-order chi connectivity index (χ1) is 11.2. The van der Waals surface area contributed by atoms with E-state index < -0.39 is 0 Å². The molecule has 2 aromatic rings. The first-order valence-electron chi connectivity index (χ1n) is 7.74. The molecule has 0 fully saturated rings. The molecule has 0 saturated carbocycles. The van der Waals surface area contributed by atoms with Gasteiger partial charge in [-0.2, -0.15) is 0 Å². The van der Waals surface area contributed by atoms with Crippen molar-refractivity contribution in [2.75, 3.05) is 14.1 Å². The molecule has 0 bridgehead atoms. The van der Waals surface area contributed by atoms with Crippen LogP contribution in [0.25, 0.3) is 0 Å². The third-order valence-corrected chi connectivity index (χ3v) is 3.97. The van der Waals surface area contributed by atoms with Crippen LogP contribution < -0.4 is 5.32 Å². The van der Waals surface area contributed by atoms with Crippen LogP contribution in [-0.4, -0.2) is 39.7 Å². The monoisotopic (exact) mass is 444 g/mol. The van der Waals surface area contributed by atoms with Crippen molar-refractivity contribution in [3.05, 3.63) is 47.3 Å². The number of aryl methyl sites for hydroxylation is 1. The van der Waals surface area contributed by atoms with Crippen molar-refractivity contribution >= 4 is 29.9 Å². The summed E-state index contributed by atoms with van der Waals surface area (Å²) >= 11 is 0. The van der Waals surface area contributed by atoms with Gasteiger partial charge in [-0.3, -0.25) is 4.99 Å². The fourth-order valence-electron chi connectivity index (χ4n) is 2.87. The maximum absolute atomic E-state index is 13.3. The van der Waals surface area contributed by atoms with Crippen molar-refractivity contribution < 1.29 is 4.39 Å². The number of rotatable bonds is 4. The van der Waals surface area contributed by atoms with E-state index in [0.29, 0.717) is 13.1 Å². The van der Waals surface area contributed by atoms with Gasteiger partial charge in [0.15, 0.2) is 11.8 Å². The van der Waals surface area contributed by atoms with E-state index in [1.165, 1.54) is 12.1 Å². The number of hydrogen-bond acceptors (Lipinski definition) is 3. The fourth-order valence-corrected chi connectivity index (χ4v) is 2.87. The van der Waals surface area contributed by atoms with Crippen molar-refractivity contribution in [3.63, 3.8) is 0 Å². The molecule has 0 spiro atoms. The zero-order valence-electron chi connectivity index (χ0n) is 13.9. The second kappa shape index (κ2) is 8.41. The lowest BCUT2D eigenvalue weighted by Gasteiger charge is -2.22. The lowest BCUT2D eigenvalue weighted by Crippen LogP contribution is -2.38. The van der Waals surface area contributed by atoms with E-state index in [9.17, 15) is 4.39 Å². The highest BCUT2D eigenvalue weighted by molar-refractivity contribution is 14.0. The molecule has 0 unspecified atom stereocenters. The molecular weight excluding hydrogens is 422 g/mol. The van der Waals surface area contributed by atoms with E-state index >= 15 is 0 Å². The van der Waals surface area contributed by atoms with Gasteiger partial charge in [0.2, 0.25) is 0 Å². The zero-order chi connectivity index (χ0) is 16.2. The van der Waals surface area contributed by atoms with Crippen LogP contribution in [0.1, 0.15) is 23.6 Å². The lowest BCUT2D eigenvalue weighted by molar-refractivity contribution is 0.472. The van der Waals surface area contributed by atoms with Gasteiger partial charge in [0.1, 0.15) is 11.6 Å². The maximum Gasteiger partial charge on any atom is 0.194 e. The number of guanidine groups is 1. The molecule has 24 heavy (non-hydrogen) atoms. The van der Waals surface area contributed by atoms with Crippen molar-refractivity contribution in [1.29, 1.82) is 0 Å². The Morgan fingerprint density at radius 1 is 1.42 bits per heavy atom. The summed E-state index contributed by atoms with van der Waals surface area (Å²) < 4.78 is 15.4. The average molecular weight is 444 g/mol.